The molecule has 0 radical (unpaired) electrons. The van der Waals surface area contributed by atoms with Crippen molar-refractivity contribution >= 4 is 0 Å². The second kappa shape index (κ2) is 4.30. The minimum atomic E-state index is -0.203. The summed E-state index contributed by atoms with van der Waals surface area (Å²) in [6, 6.07) is 9.93. The Kier molecular flexibility index (Phi) is 2.86. The molecule has 1 nitrogen and oxygen atoms in total. The number of hydrogen-bond donors (Lipinski definition) is 1. The highest BCUT2D eigenvalue weighted by atomic mass is 16.3. The first-order valence-corrected chi connectivity index (χ1v) is 5.11. The molecule has 0 spiro atoms. The zero-order valence-corrected chi connectivity index (χ0v) is 8.11. The number of rotatable bonds is 0. The fraction of sp³-hybridized carbons (Fsp3) is 0.385. The van der Waals surface area contributed by atoms with Crippen molar-refractivity contribution in [3.8, 4) is 11.8 Å². The van der Waals surface area contributed by atoms with Crippen molar-refractivity contribution < 1.29 is 5.11 Å². The van der Waals surface area contributed by atoms with Crippen molar-refractivity contribution in [2.45, 2.75) is 25.4 Å². The maximum Gasteiger partial charge on any atom is 0.0677 e. The van der Waals surface area contributed by atoms with Gasteiger partial charge >= 0.3 is 0 Å². The average Bonchev–Trinajstić information content (AvgIpc) is 2.63. The van der Waals surface area contributed by atoms with Crippen LogP contribution in [0.1, 0.15) is 24.8 Å². The van der Waals surface area contributed by atoms with Crippen LogP contribution in [0.5, 0.6) is 0 Å². The summed E-state index contributed by atoms with van der Waals surface area (Å²) >= 11 is 0. The largest absolute Gasteiger partial charge is 0.392 e. The molecular formula is C13H14O. The van der Waals surface area contributed by atoms with Gasteiger partial charge in [-0.2, -0.15) is 0 Å². The normalized spacial score (nSPS) is 25.5. The first-order chi connectivity index (χ1) is 6.86. The summed E-state index contributed by atoms with van der Waals surface area (Å²) in [6.07, 6.45) is 2.86. The molecule has 1 N–H and O–H groups in total. The lowest BCUT2D eigenvalue weighted by atomic mass is 10.1. The van der Waals surface area contributed by atoms with Gasteiger partial charge in [-0.05, 0) is 31.4 Å². The average molecular weight is 186 g/mol. The SMILES string of the molecule is O[C@@H]1CCC[C@H]1C#Cc1ccccc1. The van der Waals surface area contributed by atoms with Crippen molar-refractivity contribution in [2.24, 2.45) is 5.92 Å². The molecule has 1 aliphatic rings. The van der Waals surface area contributed by atoms with Crippen molar-refractivity contribution in [2.75, 3.05) is 0 Å². The third-order valence-electron chi connectivity index (χ3n) is 2.66. The number of aliphatic hydroxyl groups is 1. The van der Waals surface area contributed by atoms with E-state index in [0.29, 0.717) is 0 Å². The summed E-state index contributed by atoms with van der Waals surface area (Å²) in [5.74, 6) is 6.44. The molecule has 0 bridgehead atoms. The third-order valence-corrected chi connectivity index (χ3v) is 2.66. The Balaban J connectivity index is 2.07. The monoisotopic (exact) mass is 186 g/mol. The van der Waals surface area contributed by atoms with Crippen LogP contribution in [0.4, 0.5) is 0 Å². The van der Waals surface area contributed by atoms with Gasteiger partial charge in [-0.3, -0.25) is 0 Å². The van der Waals surface area contributed by atoms with Gasteiger partial charge in [0.25, 0.3) is 0 Å². The number of hydrogen-bond acceptors (Lipinski definition) is 1. The molecule has 1 heteroatoms. The Morgan fingerprint density at radius 2 is 1.93 bits per heavy atom. The summed E-state index contributed by atoms with van der Waals surface area (Å²) in [5.41, 5.74) is 1.03. The van der Waals surface area contributed by atoms with Gasteiger partial charge in [0.05, 0.1) is 6.10 Å². The summed E-state index contributed by atoms with van der Waals surface area (Å²) in [5, 5.41) is 9.56. The topological polar surface area (TPSA) is 20.2 Å². The van der Waals surface area contributed by atoms with Gasteiger partial charge in [0, 0.05) is 11.5 Å². The lowest BCUT2D eigenvalue weighted by molar-refractivity contribution is 0.157. The lowest BCUT2D eigenvalue weighted by Gasteiger charge is -2.04. The minimum absolute atomic E-state index is 0.190. The summed E-state index contributed by atoms with van der Waals surface area (Å²) in [4.78, 5) is 0. The molecule has 2 atom stereocenters. The van der Waals surface area contributed by atoms with Crippen LogP contribution in [0.15, 0.2) is 30.3 Å². The maximum absolute atomic E-state index is 9.56. The molecule has 0 heterocycles. The van der Waals surface area contributed by atoms with Crippen LogP contribution in [0, 0.1) is 17.8 Å². The predicted molar refractivity (Wildman–Crippen MR) is 56.7 cm³/mol. The molecule has 1 saturated carbocycles. The molecule has 0 saturated heterocycles. The second-order valence-electron chi connectivity index (χ2n) is 3.74. The van der Waals surface area contributed by atoms with Gasteiger partial charge in [-0.15, -0.1) is 0 Å². The van der Waals surface area contributed by atoms with E-state index in [2.05, 4.69) is 11.8 Å². The second-order valence-corrected chi connectivity index (χ2v) is 3.74. The first-order valence-electron chi connectivity index (χ1n) is 5.11. The van der Waals surface area contributed by atoms with Crippen molar-refractivity contribution in [1.29, 1.82) is 0 Å². The van der Waals surface area contributed by atoms with Gasteiger partial charge in [0.2, 0.25) is 0 Å². The first kappa shape index (κ1) is 9.30. The van der Waals surface area contributed by atoms with E-state index in [9.17, 15) is 5.11 Å². The van der Waals surface area contributed by atoms with Crippen LogP contribution < -0.4 is 0 Å². The van der Waals surface area contributed by atoms with Crippen LogP contribution >= 0.6 is 0 Å². The quantitative estimate of drug-likeness (QED) is 0.616. The van der Waals surface area contributed by atoms with E-state index in [-0.39, 0.29) is 12.0 Å². The highest BCUT2D eigenvalue weighted by molar-refractivity contribution is 5.34. The van der Waals surface area contributed by atoms with Crippen LogP contribution in [0.3, 0.4) is 0 Å². The fourth-order valence-electron chi connectivity index (χ4n) is 1.81. The third kappa shape index (κ3) is 2.16. The molecule has 72 valence electrons. The Morgan fingerprint density at radius 1 is 1.14 bits per heavy atom. The minimum Gasteiger partial charge on any atom is -0.392 e. The maximum atomic E-state index is 9.56. The van der Waals surface area contributed by atoms with Crippen molar-refractivity contribution in [1.82, 2.24) is 0 Å². The van der Waals surface area contributed by atoms with E-state index < -0.39 is 0 Å². The molecular weight excluding hydrogens is 172 g/mol. The number of aliphatic hydroxyl groups excluding tert-OH is 1. The Hall–Kier alpha value is -1.26. The Morgan fingerprint density at radius 3 is 2.57 bits per heavy atom. The van der Waals surface area contributed by atoms with Crippen molar-refractivity contribution in [3.63, 3.8) is 0 Å². The Bertz CT molecular complexity index is 344. The molecule has 1 aromatic carbocycles. The molecule has 0 unspecified atom stereocenters. The molecule has 0 aliphatic heterocycles. The smallest absolute Gasteiger partial charge is 0.0677 e. The molecule has 0 aromatic heterocycles. The summed E-state index contributed by atoms with van der Waals surface area (Å²) < 4.78 is 0. The van der Waals surface area contributed by atoms with Crippen molar-refractivity contribution in [3.05, 3.63) is 35.9 Å². The van der Waals surface area contributed by atoms with E-state index in [1.165, 1.54) is 0 Å². The summed E-state index contributed by atoms with van der Waals surface area (Å²) in [6.45, 7) is 0. The molecule has 1 fully saturated rings. The highest BCUT2D eigenvalue weighted by Crippen LogP contribution is 2.24. The van der Waals surface area contributed by atoms with Gasteiger partial charge in [-0.25, -0.2) is 0 Å². The highest BCUT2D eigenvalue weighted by Gasteiger charge is 2.22. The van der Waals surface area contributed by atoms with Crippen LogP contribution in [0.25, 0.3) is 0 Å². The van der Waals surface area contributed by atoms with Gasteiger partial charge in [0.15, 0.2) is 0 Å². The van der Waals surface area contributed by atoms with Crippen LogP contribution in [0.2, 0.25) is 0 Å². The van der Waals surface area contributed by atoms with Gasteiger partial charge < -0.3 is 5.11 Å². The lowest BCUT2D eigenvalue weighted by Crippen LogP contribution is -2.10. The molecule has 14 heavy (non-hydrogen) atoms. The molecule has 1 aromatic rings. The van der Waals surface area contributed by atoms with Crippen LogP contribution in [-0.2, 0) is 0 Å². The van der Waals surface area contributed by atoms with E-state index in [0.717, 1.165) is 24.8 Å². The van der Waals surface area contributed by atoms with E-state index in [1.807, 2.05) is 30.3 Å². The predicted octanol–water partition coefficient (Wildman–Crippen LogP) is 2.20. The van der Waals surface area contributed by atoms with Gasteiger partial charge in [-0.1, -0.05) is 30.0 Å². The standard InChI is InChI=1S/C13H14O/c14-13-8-4-7-12(13)10-9-11-5-2-1-3-6-11/h1-3,5-6,12-14H,4,7-8H2/t12-,13+/m0/s1. The van der Waals surface area contributed by atoms with E-state index in [1.54, 1.807) is 0 Å². The zero-order valence-electron chi connectivity index (χ0n) is 8.11. The van der Waals surface area contributed by atoms with Gasteiger partial charge in [0.1, 0.15) is 0 Å². The zero-order chi connectivity index (χ0) is 9.80. The van der Waals surface area contributed by atoms with E-state index >= 15 is 0 Å². The molecule has 1 aliphatic carbocycles. The molecule has 2 rings (SSSR count). The fourth-order valence-corrected chi connectivity index (χ4v) is 1.81. The van der Waals surface area contributed by atoms with Crippen LogP contribution in [-0.4, -0.2) is 11.2 Å². The van der Waals surface area contributed by atoms with E-state index in [4.69, 9.17) is 0 Å². The number of benzene rings is 1. The molecule has 0 amide bonds. The Labute approximate surface area is 84.8 Å². The summed E-state index contributed by atoms with van der Waals surface area (Å²) in [7, 11) is 0.